The topological polar surface area (TPSA) is 63.4 Å². The van der Waals surface area contributed by atoms with E-state index >= 15 is 0 Å². The van der Waals surface area contributed by atoms with Crippen molar-refractivity contribution in [3.05, 3.63) is 23.8 Å². The summed E-state index contributed by atoms with van der Waals surface area (Å²) < 4.78 is 26.3. The molecule has 102 valence electrons. The van der Waals surface area contributed by atoms with E-state index in [0.29, 0.717) is 5.69 Å². The van der Waals surface area contributed by atoms with Crippen molar-refractivity contribution in [2.24, 2.45) is 0 Å². The normalized spacial score (nSPS) is 13.8. The second-order valence-electron chi connectivity index (χ2n) is 4.70. The van der Waals surface area contributed by atoms with Crippen LogP contribution in [0.2, 0.25) is 0 Å². The molecular formula is C13H22N2O2S. The number of nitrogens with zero attached hydrogens (tertiary/aromatic N) is 1. The van der Waals surface area contributed by atoms with Crippen LogP contribution in [0, 0.1) is 6.92 Å². The fraction of sp³-hybridized carbons (Fsp3) is 0.538. The first kappa shape index (κ1) is 15.0. The summed E-state index contributed by atoms with van der Waals surface area (Å²) in [6.45, 7) is 5.83. The summed E-state index contributed by atoms with van der Waals surface area (Å²) in [6, 6.07) is 5.00. The molecule has 0 saturated heterocycles. The van der Waals surface area contributed by atoms with Crippen LogP contribution in [-0.4, -0.2) is 25.8 Å². The van der Waals surface area contributed by atoms with E-state index in [-0.39, 0.29) is 10.9 Å². The van der Waals surface area contributed by atoms with Gasteiger partial charge in [-0.1, -0.05) is 19.4 Å². The van der Waals surface area contributed by atoms with Gasteiger partial charge in [-0.3, -0.25) is 0 Å². The van der Waals surface area contributed by atoms with Gasteiger partial charge in [-0.05, 0) is 38.0 Å². The summed E-state index contributed by atoms with van der Waals surface area (Å²) in [7, 11) is -1.89. The van der Waals surface area contributed by atoms with E-state index in [9.17, 15) is 8.42 Å². The van der Waals surface area contributed by atoms with Gasteiger partial charge in [-0.25, -0.2) is 8.42 Å². The molecule has 1 unspecified atom stereocenters. The smallest absolute Gasteiger partial charge is 0.245 e. The summed E-state index contributed by atoms with van der Waals surface area (Å²) in [5, 5.41) is 0. The summed E-state index contributed by atoms with van der Waals surface area (Å²) in [5.41, 5.74) is 7.08. The second-order valence-corrected chi connectivity index (χ2v) is 6.67. The van der Waals surface area contributed by atoms with Crippen LogP contribution < -0.4 is 5.73 Å². The van der Waals surface area contributed by atoms with Gasteiger partial charge >= 0.3 is 0 Å². The zero-order valence-corrected chi connectivity index (χ0v) is 12.3. The van der Waals surface area contributed by atoms with Crippen molar-refractivity contribution >= 4 is 15.7 Å². The highest BCUT2D eigenvalue weighted by Crippen LogP contribution is 2.24. The van der Waals surface area contributed by atoms with Gasteiger partial charge in [0.1, 0.15) is 4.90 Å². The van der Waals surface area contributed by atoms with Crippen molar-refractivity contribution in [3.63, 3.8) is 0 Å². The third-order valence-electron chi connectivity index (χ3n) is 3.15. The first-order chi connectivity index (χ1) is 8.30. The van der Waals surface area contributed by atoms with Crippen LogP contribution in [0.4, 0.5) is 5.69 Å². The van der Waals surface area contributed by atoms with E-state index in [2.05, 4.69) is 0 Å². The molecule has 0 aliphatic carbocycles. The minimum atomic E-state index is -3.50. The molecule has 1 rings (SSSR count). The maximum atomic E-state index is 12.4. The van der Waals surface area contributed by atoms with Crippen LogP contribution in [0.25, 0.3) is 0 Å². The monoisotopic (exact) mass is 270 g/mol. The maximum Gasteiger partial charge on any atom is 0.245 e. The maximum absolute atomic E-state index is 12.4. The van der Waals surface area contributed by atoms with Gasteiger partial charge in [0.25, 0.3) is 0 Å². The Morgan fingerprint density at radius 3 is 2.50 bits per heavy atom. The van der Waals surface area contributed by atoms with E-state index < -0.39 is 10.0 Å². The number of rotatable bonds is 5. The molecular weight excluding hydrogens is 248 g/mol. The van der Waals surface area contributed by atoms with Gasteiger partial charge in [0.05, 0.1) is 5.69 Å². The Hall–Kier alpha value is -1.07. The molecule has 0 bridgehead atoms. The lowest BCUT2D eigenvalue weighted by molar-refractivity contribution is 0.369. The number of benzene rings is 1. The fourth-order valence-corrected chi connectivity index (χ4v) is 3.38. The summed E-state index contributed by atoms with van der Waals surface area (Å²) >= 11 is 0. The summed E-state index contributed by atoms with van der Waals surface area (Å²) in [5.74, 6) is 0. The summed E-state index contributed by atoms with van der Waals surface area (Å²) in [6.07, 6.45) is 1.78. The molecule has 18 heavy (non-hydrogen) atoms. The number of sulfonamides is 1. The van der Waals surface area contributed by atoms with E-state index in [1.807, 2.05) is 20.8 Å². The average Bonchev–Trinajstić information content (AvgIpc) is 2.27. The zero-order chi connectivity index (χ0) is 13.9. The third kappa shape index (κ3) is 3.03. The lowest BCUT2D eigenvalue weighted by atomic mass is 10.2. The van der Waals surface area contributed by atoms with Gasteiger partial charge in [-0.15, -0.1) is 0 Å². The molecule has 0 radical (unpaired) electrons. The van der Waals surface area contributed by atoms with Crippen LogP contribution in [-0.2, 0) is 10.0 Å². The Bertz CT molecular complexity index is 512. The SMILES string of the molecule is CCCC(C)N(C)S(=O)(=O)c1ccc(C)cc1N. The Balaban J connectivity index is 3.13. The minimum absolute atomic E-state index is 0.0271. The number of nitrogens with two attached hydrogens (primary N) is 1. The van der Waals surface area contributed by atoms with Crippen LogP contribution in [0.15, 0.2) is 23.1 Å². The molecule has 0 heterocycles. The van der Waals surface area contributed by atoms with Gasteiger partial charge in [-0.2, -0.15) is 4.31 Å². The van der Waals surface area contributed by atoms with E-state index in [1.54, 1.807) is 25.2 Å². The summed E-state index contributed by atoms with van der Waals surface area (Å²) in [4.78, 5) is 0.193. The van der Waals surface area contributed by atoms with Crippen molar-refractivity contribution < 1.29 is 8.42 Å². The lowest BCUT2D eigenvalue weighted by Crippen LogP contribution is -2.35. The lowest BCUT2D eigenvalue weighted by Gasteiger charge is -2.24. The number of aryl methyl sites for hydroxylation is 1. The van der Waals surface area contributed by atoms with Crippen molar-refractivity contribution in [3.8, 4) is 0 Å². The van der Waals surface area contributed by atoms with Crippen molar-refractivity contribution in [1.29, 1.82) is 0 Å². The van der Waals surface area contributed by atoms with Crippen LogP contribution in [0.5, 0.6) is 0 Å². The van der Waals surface area contributed by atoms with Crippen molar-refractivity contribution in [1.82, 2.24) is 4.31 Å². The number of hydrogen-bond acceptors (Lipinski definition) is 3. The Morgan fingerprint density at radius 2 is 2.00 bits per heavy atom. The standard InChI is InChI=1S/C13H22N2O2S/c1-5-6-11(3)15(4)18(16,17)13-8-7-10(2)9-12(13)14/h7-9,11H,5-6,14H2,1-4H3. The van der Waals surface area contributed by atoms with Crippen molar-refractivity contribution in [2.75, 3.05) is 12.8 Å². The molecule has 0 aliphatic heterocycles. The van der Waals surface area contributed by atoms with E-state index in [0.717, 1.165) is 18.4 Å². The Morgan fingerprint density at radius 1 is 1.39 bits per heavy atom. The predicted octanol–water partition coefficient (Wildman–Crippen LogP) is 2.39. The third-order valence-corrected chi connectivity index (χ3v) is 5.20. The molecule has 2 N–H and O–H groups in total. The molecule has 0 fully saturated rings. The quantitative estimate of drug-likeness (QED) is 0.836. The molecule has 0 amide bonds. The van der Waals surface area contributed by atoms with Gasteiger partial charge in [0, 0.05) is 13.1 Å². The highest BCUT2D eigenvalue weighted by atomic mass is 32.2. The molecule has 1 atom stereocenters. The predicted molar refractivity (Wildman–Crippen MR) is 74.9 cm³/mol. The fourth-order valence-electron chi connectivity index (χ4n) is 1.89. The van der Waals surface area contributed by atoms with Gasteiger partial charge in [0.15, 0.2) is 0 Å². The zero-order valence-electron chi connectivity index (χ0n) is 11.5. The number of nitrogen functional groups attached to an aromatic ring is 1. The number of anilines is 1. The largest absolute Gasteiger partial charge is 0.398 e. The minimum Gasteiger partial charge on any atom is -0.398 e. The molecule has 1 aromatic rings. The molecule has 1 aromatic carbocycles. The van der Waals surface area contributed by atoms with Crippen molar-refractivity contribution in [2.45, 2.75) is 44.6 Å². The molecule has 5 heteroatoms. The highest BCUT2D eigenvalue weighted by Gasteiger charge is 2.26. The average molecular weight is 270 g/mol. The van der Waals surface area contributed by atoms with E-state index in [1.165, 1.54) is 4.31 Å². The van der Waals surface area contributed by atoms with E-state index in [4.69, 9.17) is 5.73 Å². The highest BCUT2D eigenvalue weighted by molar-refractivity contribution is 7.89. The van der Waals surface area contributed by atoms with Crippen LogP contribution in [0.3, 0.4) is 0 Å². The molecule has 0 spiro atoms. The molecule has 0 saturated carbocycles. The first-order valence-electron chi connectivity index (χ1n) is 6.14. The Labute approximate surface area is 110 Å². The Kier molecular flexibility index (Phi) is 4.76. The van der Waals surface area contributed by atoms with Gasteiger partial charge in [0.2, 0.25) is 10.0 Å². The molecule has 0 aliphatic rings. The van der Waals surface area contributed by atoms with Crippen LogP contribution >= 0.6 is 0 Å². The second kappa shape index (κ2) is 5.71. The van der Waals surface area contributed by atoms with Crippen LogP contribution in [0.1, 0.15) is 32.3 Å². The first-order valence-corrected chi connectivity index (χ1v) is 7.58. The molecule has 4 nitrogen and oxygen atoms in total. The number of hydrogen-bond donors (Lipinski definition) is 1. The molecule has 0 aromatic heterocycles. The van der Waals surface area contributed by atoms with Gasteiger partial charge < -0.3 is 5.73 Å².